The number of piperidine rings is 1. The number of hydrogen-bond acceptors (Lipinski definition) is 2. The molecule has 0 aromatic heterocycles. The van der Waals surface area contributed by atoms with Gasteiger partial charge >= 0.3 is 0 Å². The van der Waals surface area contributed by atoms with Crippen molar-refractivity contribution in [3.05, 3.63) is 24.3 Å². The van der Waals surface area contributed by atoms with Gasteiger partial charge in [-0.3, -0.25) is 0 Å². The zero-order chi connectivity index (χ0) is 13.6. The van der Waals surface area contributed by atoms with Gasteiger partial charge in [-0.05, 0) is 56.4 Å². The van der Waals surface area contributed by atoms with Gasteiger partial charge in [0.25, 0.3) is 0 Å². The number of benzene rings is 1. The Morgan fingerprint density at radius 3 is 2.00 bits per heavy atom. The third kappa shape index (κ3) is 3.68. The molecule has 0 spiro atoms. The fourth-order valence-electron chi connectivity index (χ4n) is 3.58. The van der Waals surface area contributed by atoms with Crippen molar-refractivity contribution in [1.29, 1.82) is 0 Å². The number of nitrogens with zero attached hydrogens (tertiary/aromatic N) is 1. The van der Waals surface area contributed by atoms with E-state index in [-0.39, 0.29) is 0 Å². The Morgan fingerprint density at radius 1 is 0.750 bits per heavy atom. The molecule has 1 saturated heterocycles. The first-order valence-corrected chi connectivity index (χ1v) is 8.53. The van der Waals surface area contributed by atoms with Gasteiger partial charge in [0.1, 0.15) is 0 Å². The van der Waals surface area contributed by atoms with Crippen LogP contribution in [0.2, 0.25) is 0 Å². The summed E-state index contributed by atoms with van der Waals surface area (Å²) in [6, 6.07) is 9.83. The van der Waals surface area contributed by atoms with Gasteiger partial charge in [0, 0.05) is 30.5 Å². The minimum absolute atomic E-state index is 0.693. The van der Waals surface area contributed by atoms with Crippen LogP contribution in [-0.2, 0) is 0 Å². The highest BCUT2D eigenvalue weighted by Crippen LogP contribution is 2.24. The van der Waals surface area contributed by atoms with Crippen molar-refractivity contribution < 1.29 is 0 Å². The zero-order valence-electron chi connectivity index (χ0n) is 12.6. The smallest absolute Gasteiger partial charge is 0.0367 e. The molecular weight excluding hydrogens is 244 g/mol. The normalized spacial score (nSPS) is 21.5. The second-order valence-corrected chi connectivity index (χ2v) is 6.43. The minimum Gasteiger partial charge on any atom is -0.382 e. The van der Waals surface area contributed by atoms with Crippen LogP contribution >= 0.6 is 0 Å². The Labute approximate surface area is 123 Å². The number of nitrogens with one attached hydrogen (secondary N) is 1. The molecule has 0 radical (unpaired) electrons. The van der Waals surface area contributed by atoms with Gasteiger partial charge in [-0.2, -0.15) is 0 Å². The van der Waals surface area contributed by atoms with E-state index in [0.717, 1.165) is 0 Å². The fourth-order valence-corrected chi connectivity index (χ4v) is 3.58. The molecule has 2 fully saturated rings. The van der Waals surface area contributed by atoms with Gasteiger partial charge in [-0.25, -0.2) is 0 Å². The molecule has 20 heavy (non-hydrogen) atoms. The molecule has 3 rings (SSSR count). The highest BCUT2D eigenvalue weighted by atomic mass is 15.1. The van der Waals surface area contributed by atoms with Crippen molar-refractivity contribution in [3.8, 4) is 0 Å². The number of anilines is 2. The molecule has 2 aliphatic rings. The summed E-state index contributed by atoms with van der Waals surface area (Å²) in [6.07, 6.45) is 12.4. The van der Waals surface area contributed by atoms with Crippen molar-refractivity contribution >= 4 is 11.4 Å². The van der Waals surface area contributed by atoms with Gasteiger partial charge in [0.15, 0.2) is 0 Å². The SMILES string of the molecule is c1cc(N2CCCCC2)ccc1NC1CCCCCC1. The van der Waals surface area contributed by atoms with Crippen LogP contribution in [0.25, 0.3) is 0 Å². The molecule has 2 nitrogen and oxygen atoms in total. The van der Waals surface area contributed by atoms with Gasteiger partial charge in [0.2, 0.25) is 0 Å². The van der Waals surface area contributed by atoms with Crippen LogP contribution < -0.4 is 10.2 Å². The molecule has 1 aromatic carbocycles. The first-order chi connectivity index (χ1) is 9.92. The monoisotopic (exact) mass is 272 g/mol. The molecule has 0 atom stereocenters. The lowest BCUT2D eigenvalue weighted by atomic mass is 10.1. The maximum absolute atomic E-state index is 3.73. The summed E-state index contributed by atoms with van der Waals surface area (Å²) >= 11 is 0. The molecule has 0 bridgehead atoms. The maximum atomic E-state index is 3.73. The Bertz CT molecular complexity index is 384. The van der Waals surface area contributed by atoms with Crippen LogP contribution in [0.5, 0.6) is 0 Å². The molecule has 1 heterocycles. The Balaban J connectivity index is 1.57. The van der Waals surface area contributed by atoms with Gasteiger partial charge < -0.3 is 10.2 Å². The molecule has 1 aliphatic heterocycles. The summed E-state index contributed by atoms with van der Waals surface area (Å²) < 4.78 is 0. The van der Waals surface area contributed by atoms with Crippen molar-refractivity contribution in [3.63, 3.8) is 0 Å². The van der Waals surface area contributed by atoms with E-state index in [2.05, 4.69) is 34.5 Å². The van der Waals surface area contributed by atoms with Crippen molar-refractivity contribution in [2.24, 2.45) is 0 Å². The van der Waals surface area contributed by atoms with E-state index in [1.807, 2.05) is 0 Å². The standard InChI is InChI=1S/C18H28N2/c1-2-5-9-16(8-4-1)19-17-10-12-18(13-11-17)20-14-6-3-7-15-20/h10-13,16,19H,1-9,14-15H2. The van der Waals surface area contributed by atoms with E-state index in [4.69, 9.17) is 0 Å². The fraction of sp³-hybridized carbons (Fsp3) is 0.667. The molecule has 2 heteroatoms. The van der Waals surface area contributed by atoms with E-state index >= 15 is 0 Å². The van der Waals surface area contributed by atoms with Crippen LogP contribution in [-0.4, -0.2) is 19.1 Å². The minimum atomic E-state index is 0.693. The van der Waals surface area contributed by atoms with E-state index < -0.39 is 0 Å². The Morgan fingerprint density at radius 2 is 1.35 bits per heavy atom. The molecule has 0 unspecified atom stereocenters. The third-order valence-electron chi connectivity index (χ3n) is 4.81. The second kappa shape index (κ2) is 7.01. The highest BCUT2D eigenvalue weighted by Gasteiger charge is 2.13. The maximum Gasteiger partial charge on any atom is 0.0367 e. The lowest BCUT2D eigenvalue weighted by molar-refractivity contribution is 0.578. The Kier molecular flexibility index (Phi) is 4.83. The van der Waals surface area contributed by atoms with Crippen molar-refractivity contribution in [2.75, 3.05) is 23.3 Å². The average molecular weight is 272 g/mol. The summed E-state index contributed by atoms with van der Waals surface area (Å²) in [5.74, 6) is 0. The average Bonchev–Trinajstić information content (AvgIpc) is 2.78. The summed E-state index contributed by atoms with van der Waals surface area (Å²) in [5, 5.41) is 3.73. The molecule has 110 valence electrons. The first kappa shape index (κ1) is 13.8. The van der Waals surface area contributed by atoms with E-state index in [1.165, 1.54) is 82.3 Å². The lowest BCUT2D eigenvalue weighted by Crippen LogP contribution is -2.29. The predicted octanol–water partition coefficient (Wildman–Crippen LogP) is 4.81. The van der Waals surface area contributed by atoms with E-state index in [9.17, 15) is 0 Å². The highest BCUT2D eigenvalue weighted by molar-refractivity contribution is 5.55. The third-order valence-corrected chi connectivity index (χ3v) is 4.81. The van der Waals surface area contributed by atoms with Crippen LogP contribution in [0.1, 0.15) is 57.8 Å². The molecule has 1 aromatic rings. The predicted molar refractivity (Wildman–Crippen MR) is 87.6 cm³/mol. The number of hydrogen-bond donors (Lipinski definition) is 1. The summed E-state index contributed by atoms with van der Waals surface area (Å²) in [6.45, 7) is 2.46. The van der Waals surface area contributed by atoms with Crippen molar-refractivity contribution in [1.82, 2.24) is 0 Å². The topological polar surface area (TPSA) is 15.3 Å². The van der Waals surface area contributed by atoms with Crippen molar-refractivity contribution in [2.45, 2.75) is 63.8 Å². The van der Waals surface area contributed by atoms with Crippen LogP contribution in [0.3, 0.4) is 0 Å². The van der Waals surface area contributed by atoms with Crippen LogP contribution in [0, 0.1) is 0 Å². The van der Waals surface area contributed by atoms with Gasteiger partial charge in [-0.1, -0.05) is 25.7 Å². The summed E-state index contributed by atoms with van der Waals surface area (Å²) in [5.41, 5.74) is 2.70. The summed E-state index contributed by atoms with van der Waals surface area (Å²) in [4.78, 5) is 2.53. The molecule has 1 saturated carbocycles. The number of rotatable bonds is 3. The van der Waals surface area contributed by atoms with Gasteiger partial charge in [-0.15, -0.1) is 0 Å². The lowest BCUT2D eigenvalue weighted by Gasteiger charge is -2.29. The quantitative estimate of drug-likeness (QED) is 0.794. The largest absolute Gasteiger partial charge is 0.382 e. The molecule has 1 aliphatic carbocycles. The summed E-state index contributed by atoms with van der Waals surface area (Å²) in [7, 11) is 0. The van der Waals surface area contributed by atoms with Gasteiger partial charge in [0.05, 0.1) is 0 Å². The second-order valence-electron chi connectivity index (χ2n) is 6.43. The Hall–Kier alpha value is -1.18. The van der Waals surface area contributed by atoms with Crippen LogP contribution in [0.15, 0.2) is 24.3 Å². The first-order valence-electron chi connectivity index (χ1n) is 8.53. The molecular formula is C18H28N2. The van der Waals surface area contributed by atoms with E-state index in [0.29, 0.717) is 6.04 Å². The zero-order valence-corrected chi connectivity index (χ0v) is 12.6. The molecule has 1 N–H and O–H groups in total. The van der Waals surface area contributed by atoms with Crippen LogP contribution in [0.4, 0.5) is 11.4 Å². The molecule has 0 amide bonds. The van der Waals surface area contributed by atoms with E-state index in [1.54, 1.807) is 0 Å².